The van der Waals surface area contributed by atoms with Crippen LogP contribution in [0.15, 0.2) is 59.5 Å². The van der Waals surface area contributed by atoms with Gasteiger partial charge in [0.2, 0.25) is 0 Å². The molecule has 0 heterocycles. The highest BCUT2D eigenvalue weighted by atomic mass is 32.2. The number of anilines is 1. The van der Waals surface area contributed by atoms with Gasteiger partial charge in [0.15, 0.2) is 0 Å². The van der Waals surface area contributed by atoms with E-state index in [1.807, 2.05) is 0 Å². The Morgan fingerprint density at radius 1 is 1.00 bits per heavy atom. The minimum absolute atomic E-state index is 0.146. The Hall–Kier alpha value is -1.85. The zero-order valence-corrected chi connectivity index (χ0v) is 9.76. The molecule has 0 bridgehead atoms. The summed E-state index contributed by atoms with van der Waals surface area (Å²) in [4.78, 5) is 0.331. The van der Waals surface area contributed by atoms with E-state index in [2.05, 4.69) is 0 Å². The van der Waals surface area contributed by atoms with Gasteiger partial charge in [-0.2, -0.15) is 0 Å². The van der Waals surface area contributed by atoms with E-state index in [9.17, 15) is 8.76 Å². The van der Waals surface area contributed by atoms with Crippen LogP contribution in [0.5, 0.6) is 5.75 Å². The third-order valence-electron chi connectivity index (χ3n) is 1.87. The number of rotatable bonds is 1. The Bertz CT molecular complexity index is 467. The highest BCUT2D eigenvalue weighted by Crippen LogP contribution is 2.16. The van der Waals surface area contributed by atoms with E-state index in [1.54, 1.807) is 54.6 Å². The van der Waals surface area contributed by atoms with E-state index in [0.29, 0.717) is 10.6 Å². The molecular weight excluding hydrogens is 238 g/mol. The summed E-state index contributed by atoms with van der Waals surface area (Å²) in [5.74, 6) is 0.146. The molecule has 0 saturated carbocycles. The number of nitrogens with two attached hydrogens (primary N) is 1. The number of benzene rings is 2. The van der Waals surface area contributed by atoms with Crippen LogP contribution in [0.1, 0.15) is 0 Å². The van der Waals surface area contributed by atoms with Crippen molar-refractivity contribution in [3.63, 3.8) is 0 Å². The number of nitrogen functional groups attached to an aromatic ring is 1. The van der Waals surface area contributed by atoms with E-state index in [-0.39, 0.29) is 5.75 Å². The van der Waals surface area contributed by atoms with E-state index in [0.717, 1.165) is 0 Å². The molecule has 5 heteroatoms. The Morgan fingerprint density at radius 3 is 1.88 bits per heavy atom. The van der Waals surface area contributed by atoms with Crippen molar-refractivity contribution in [1.29, 1.82) is 0 Å². The predicted octanol–water partition coefficient (Wildman–Crippen LogP) is 1.90. The smallest absolute Gasteiger partial charge is 0.138 e. The molecule has 0 aromatic heterocycles. The maximum absolute atomic E-state index is 10.2. The van der Waals surface area contributed by atoms with Gasteiger partial charge in [-0.3, -0.25) is 4.21 Å². The molecule has 0 radical (unpaired) electrons. The highest BCUT2D eigenvalue weighted by Gasteiger charge is 1.87. The van der Waals surface area contributed by atoms with Gasteiger partial charge in [0.05, 0.1) is 5.69 Å². The molecule has 90 valence electrons. The van der Waals surface area contributed by atoms with Gasteiger partial charge in [-0.25, -0.2) is 0 Å². The Kier molecular flexibility index (Phi) is 5.19. The maximum Gasteiger partial charge on any atom is 0.138 e. The summed E-state index contributed by atoms with van der Waals surface area (Å²) < 4.78 is 20.4. The molecule has 0 spiro atoms. The number of para-hydroxylation sites is 2. The molecule has 2 rings (SSSR count). The van der Waals surface area contributed by atoms with Crippen LogP contribution in [0.2, 0.25) is 0 Å². The average Bonchev–Trinajstić information content (AvgIpc) is 2.35. The van der Waals surface area contributed by atoms with Gasteiger partial charge in [-0.05, 0) is 35.3 Å². The lowest BCUT2D eigenvalue weighted by Gasteiger charge is -2.01. The summed E-state index contributed by atoms with van der Waals surface area (Å²) in [5, 5.41) is 8.79. The van der Waals surface area contributed by atoms with Crippen molar-refractivity contribution in [2.24, 2.45) is 0 Å². The maximum atomic E-state index is 10.2. The van der Waals surface area contributed by atoms with Crippen LogP contribution in [-0.2, 0) is 11.1 Å². The van der Waals surface area contributed by atoms with Crippen molar-refractivity contribution in [3.05, 3.63) is 54.6 Å². The number of phenolic OH excluding ortho intramolecular Hbond substituents is 1. The number of hydrogen-bond donors (Lipinski definition) is 2. The SMILES string of the molecule is Nc1ccccc1O.O=S([O-])c1ccccc1. The van der Waals surface area contributed by atoms with Gasteiger partial charge in [-0.1, -0.05) is 30.3 Å². The zero-order chi connectivity index (χ0) is 12.7. The molecule has 0 saturated heterocycles. The molecule has 1 atom stereocenters. The van der Waals surface area contributed by atoms with Gasteiger partial charge in [-0.15, -0.1) is 0 Å². The summed E-state index contributed by atoms with van der Waals surface area (Å²) in [5.41, 5.74) is 5.69. The predicted molar refractivity (Wildman–Crippen MR) is 66.1 cm³/mol. The van der Waals surface area contributed by atoms with Crippen LogP contribution in [0, 0.1) is 0 Å². The van der Waals surface area contributed by atoms with Crippen molar-refractivity contribution < 1.29 is 13.9 Å². The molecule has 0 aliphatic carbocycles. The van der Waals surface area contributed by atoms with Gasteiger partial charge in [0, 0.05) is 4.90 Å². The summed E-state index contributed by atoms with van der Waals surface area (Å²) in [6, 6.07) is 14.9. The monoisotopic (exact) mass is 250 g/mol. The second kappa shape index (κ2) is 6.67. The Labute approximate surface area is 102 Å². The largest absolute Gasteiger partial charge is 0.768 e. The summed E-state index contributed by atoms with van der Waals surface area (Å²) in [6.07, 6.45) is 0. The van der Waals surface area contributed by atoms with Crippen LogP contribution in [0.25, 0.3) is 0 Å². The van der Waals surface area contributed by atoms with Crippen molar-refractivity contribution in [3.8, 4) is 5.75 Å². The molecule has 4 nitrogen and oxygen atoms in total. The number of aromatic hydroxyl groups is 1. The second-order valence-electron chi connectivity index (χ2n) is 3.11. The molecule has 3 N–H and O–H groups in total. The van der Waals surface area contributed by atoms with E-state index >= 15 is 0 Å². The van der Waals surface area contributed by atoms with Crippen LogP contribution in [-0.4, -0.2) is 13.9 Å². The summed E-state index contributed by atoms with van der Waals surface area (Å²) in [6.45, 7) is 0. The summed E-state index contributed by atoms with van der Waals surface area (Å²) >= 11 is -2.08. The summed E-state index contributed by atoms with van der Waals surface area (Å²) in [7, 11) is 0. The van der Waals surface area contributed by atoms with Crippen molar-refractivity contribution >= 4 is 16.8 Å². The standard InChI is InChI=1S/C6H7NO.C6H6O2S/c7-5-3-1-2-4-6(5)8;7-9(8)6-4-2-1-3-5-6/h1-4,8H,7H2;1-5H,(H,7,8)/p-1. The zero-order valence-electron chi connectivity index (χ0n) is 8.95. The molecule has 0 aliphatic rings. The minimum Gasteiger partial charge on any atom is -0.768 e. The van der Waals surface area contributed by atoms with Crippen LogP contribution in [0.3, 0.4) is 0 Å². The fraction of sp³-hybridized carbons (Fsp3) is 0. The molecule has 0 fully saturated rings. The minimum atomic E-state index is -2.08. The fourth-order valence-corrected chi connectivity index (χ4v) is 1.40. The normalized spacial score (nSPS) is 11.1. The van der Waals surface area contributed by atoms with Gasteiger partial charge < -0.3 is 15.4 Å². The lowest BCUT2D eigenvalue weighted by molar-refractivity contribution is 0.478. The highest BCUT2D eigenvalue weighted by molar-refractivity contribution is 7.79. The first-order chi connectivity index (χ1) is 8.11. The first-order valence-electron chi connectivity index (χ1n) is 4.79. The van der Waals surface area contributed by atoms with Crippen molar-refractivity contribution in [1.82, 2.24) is 0 Å². The lowest BCUT2D eigenvalue weighted by atomic mass is 10.3. The first-order valence-corrected chi connectivity index (χ1v) is 5.86. The first kappa shape index (κ1) is 13.2. The molecule has 17 heavy (non-hydrogen) atoms. The number of hydrogen-bond acceptors (Lipinski definition) is 4. The third-order valence-corrected chi connectivity index (χ3v) is 2.53. The van der Waals surface area contributed by atoms with E-state index < -0.39 is 11.1 Å². The van der Waals surface area contributed by atoms with Crippen LogP contribution in [0.4, 0.5) is 5.69 Å². The third kappa shape index (κ3) is 4.67. The van der Waals surface area contributed by atoms with Gasteiger partial charge >= 0.3 is 0 Å². The molecular formula is C12H12NO3S-. The molecule has 2 aromatic carbocycles. The fourth-order valence-electron chi connectivity index (χ4n) is 1.02. The topological polar surface area (TPSA) is 86.4 Å². The Morgan fingerprint density at radius 2 is 1.53 bits per heavy atom. The second-order valence-corrected chi connectivity index (χ2v) is 4.05. The van der Waals surface area contributed by atoms with Gasteiger partial charge in [0.25, 0.3) is 0 Å². The molecule has 0 aliphatic heterocycles. The lowest BCUT2D eigenvalue weighted by Crippen LogP contribution is -1.85. The average molecular weight is 250 g/mol. The van der Waals surface area contributed by atoms with Crippen LogP contribution < -0.4 is 5.73 Å². The quantitative estimate of drug-likeness (QED) is 0.460. The van der Waals surface area contributed by atoms with Crippen LogP contribution >= 0.6 is 0 Å². The Balaban J connectivity index is 0.000000171. The molecule has 1 unspecified atom stereocenters. The van der Waals surface area contributed by atoms with Gasteiger partial charge in [0.1, 0.15) is 5.75 Å². The molecule has 2 aromatic rings. The number of phenols is 1. The van der Waals surface area contributed by atoms with E-state index in [1.165, 1.54) is 0 Å². The molecule has 0 amide bonds. The van der Waals surface area contributed by atoms with Crippen molar-refractivity contribution in [2.45, 2.75) is 4.90 Å². The van der Waals surface area contributed by atoms with Crippen molar-refractivity contribution in [2.75, 3.05) is 5.73 Å². The van der Waals surface area contributed by atoms with E-state index in [4.69, 9.17) is 10.8 Å².